The number of allylic oxidation sites excluding steroid dienone is 2. The van der Waals surface area contributed by atoms with E-state index in [-0.39, 0.29) is 47.4 Å². The van der Waals surface area contributed by atoms with Crippen molar-refractivity contribution in [3.63, 3.8) is 0 Å². The molecule has 3 fully saturated rings. The lowest BCUT2D eigenvalue weighted by molar-refractivity contribution is -0.155. The number of amides is 3. The van der Waals surface area contributed by atoms with Gasteiger partial charge >= 0.3 is 0 Å². The Morgan fingerprint density at radius 1 is 0.958 bits per heavy atom. The molecule has 0 radical (unpaired) electrons. The second-order valence-corrected chi connectivity index (χ2v) is 7.47. The molecular weight excluding hydrogens is 328 g/mol. The third-order valence-corrected chi connectivity index (χ3v) is 6.15. The van der Waals surface area contributed by atoms with Gasteiger partial charge in [0.1, 0.15) is 6.04 Å². The minimum absolute atomic E-state index is 0.151. The van der Waals surface area contributed by atoms with Crippen LogP contribution in [0.2, 0.25) is 5.02 Å². The van der Waals surface area contributed by atoms with Crippen molar-refractivity contribution in [3.05, 3.63) is 47.0 Å². The predicted molar refractivity (Wildman–Crippen MR) is 85.7 cm³/mol. The number of benzene rings is 1. The molecule has 2 heterocycles. The largest absolute Gasteiger partial charge is 0.345 e. The van der Waals surface area contributed by atoms with Gasteiger partial charge in [0.2, 0.25) is 17.7 Å². The highest BCUT2D eigenvalue weighted by Gasteiger charge is 2.63. The monoisotopic (exact) mass is 342 g/mol. The summed E-state index contributed by atoms with van der Waals surface area (Å²) in [6.07, 6.45) is 4.99. The quantitative estimate of drug-likeness (QED) is 0.505. The van der Waals surface area contributed by atoms with Crippen molar-refractivity contribution < 1.29 is 14.4 Å². The Balaban J connectivity index is 1.47. The summed E-state index contributed by atoms with van der Waals surface area (Å²) in [5, 5.41) is 3.41. The van der Waals surface area contributed by atoms with Crippen LogP contribution in [0.4, 0.5) is 0 Å². The summed E-state index contributed by atoms with van der Waals surface area (Å²) in [6, 6.07) is 6.02. The highest BCUT2D eigenvalue weighted by molar-refractivity contribution is 6.30. The second kappa shape index (κ2) is 4.70. The number of carbonyl (C=O) groups is 3. The zero-order chi connectivity index (χ0) is 16.6. The Morgan fingerprint density at radius 2 is 1.54 bits per heavy atom. The van der Waals surface area contributed by atoms with Gasteiger partial charge in [0.25, 0.3) is 0 Å². The lowest BCUT2D eigenvalue weighted by Gasteiger charge is -2.41. The van der Waals surface area contributed by atoms with Crippen LogP contribution in [0.25, 0.3) is 0 Å². The van der Waals surface area contributed by atoms with Crippen molar-refractivity contribution in [2.45, 2.75) is 18.5 Å². The first-order chi connectivity index (χ1) is 11.6. The maximum Gasteiger partial charge on any atom is 0.246 e. The fraction of sp³-hybridized carbons (Fsp3) is 0.389. The minimum Gasteiger partial charge on any atom is -0.345 e. The predicted octanol–water partition coefficient (Wildman–Crippen LogP) is 1.69. The molecule has 24 heavy (non-hydrogen) atoms. The van der Waals surface area contributed by atoms with Gasteiger partial charge < -0.3 is 5.32 Å². The number of hydrogen-bond donors (Lipinski definition) is 1. The third kappa shape index (κ3) is 1.68. The van der Waals surface area contributed by atoms with Gasteiger partial charge in [-0.15, -0.1) is 0 Å². The van der Waals surface area contributed by atoms with Crippen molar-refractivity contribution in [2.24, 2.45) is 23.7 Å². The van der Waals surface area contributed by atoms with Crippen LogP contribution in [0.5, 0.6) is 0 Å². The molecule has 6 heteroatoms. The highest BCUT2D eigenvalue weighted by Crippen LogP contribution is 2.53. The molecular formula is C18H15ClN2O3. The van der Waals surface area contributed by atoms with Crippen LogP contribution in [-0.4, -0.2) is 28.7 Å². The molecule has 3 amide bonds. The van der Waals surface area contributed by atoms with E-state index in [1.165, 1.54) is 4.90 Å². The molecule has 5 nitrogen and oxygen atoms in total. The first kappa shape index (κ1) is 14.2. The molecule has 0 aromatic heterocycles. The smallest absolute Gasteiger partial charge is 0.246 e. The summed E-state index contributed by atoms with van der Waals surface area (Å²) in [5.41, 5.74) is 0.850. The van der Waals surface area contributed by atoms with Gasteiger partial charge in [0.05, 0.1) is 17.9 Å². The van der Waals surface area contributed by atoms with E-state index in [9.17, 15) is 14.4 Å². The van der Waals surface area contributed by atoms with Crippen LogP contribution in [0, 0.1) is 23.7 Å². The van der Waals surface area contributed by atoms with Crippen LogP contribution >= 0.6 is 11.6 Å². The molecule has 0 spiro atoms. The summed E-state index contributed by atoms with van der Waals surface area (Å²) in [4.78, 5) is 39.1. The standard InChI is InChI=1S/C18H15ClN2O3/c19-11-5-3-8(4-6-11)14-15(16(22)20-14)21-17(23)12-9-1-2-10(7-9)13(12)18(21)24/h1-6,9-10,12-15H,7H2,(H,20,22)/t9?,10?,12?,13?,14-,15-/m1/s1. The van der Waals surface area contributed by atoms with E-state index in [2.05, 4.69) is 17.5 Å². The molecule has 2 aliphatic heterocycles. The second-order valence-electron chi connectivity index (χ2n) is 7.03. The Labute approximate surface area is 143 Å². The lowest BCUT2D eigenvalue weighted by atomic mass is 9.85. The lowest BCUT2D eigenvalue weighted by Crippen LogP contribution is -2.65. The van der Waals surface area contributed by atoms with Crippen molar-refractivity contribution in [1.82, 2.24) is 10.2 Å². The number of halogens is 1. The average molecular weight is 343 g/mol. The van der Waals surface area contributed by atoms with E-state index in [1.54, 1.807) is 12.1 Å². The number of likely N-dealkylation sites (tertiary alicyclic amines) is 1. The van der Waals surface area contributed by atoms with Crippen molar-refractivity contribution in [2.75, 3.05) is 0 Å². The van der Waals surface area contributed by atoms with E-state index < -0.39 is 6.04 Å². The fourth-order valence-electron chi connectivity index (χ4n) is 4.77. The van der Waals surface area contributed by atoms with Gasteiger partial charge in [-0.1, -0.05) is 35.9 Å². The average Bonchev–Trinajstić information content (AvgIpc) is 3.23. The normalized spacial score (nSPS) is 39.2. The molecule has 6 atom stereocenters. The zero-order valence-electron chi connectivity index (χ0n) is 12.7. The van der Waals surface area contributed by atoms with Crippen LogP contribution < -0.4 is 5.32 Å². The molecule has 4 unspecified atom stereocenters. The number of hydrogen-bond acceptors (Lipinski definition) is 3. The number of imide groups is 1. The van der Waals surface area contributed by atoms with Gasteiger partial charge in [-0.3, -0.25) is 19.3 Å². The van der Waals surface area contributed by atoms with E-state index >= 15 is 0 Å². The minimum atomic E-state index is -0.740. The first-order valence-electron chi connectivity index (χ1n) is 8.17. The Bertz CT molecular complexity index is 773. The number of carbonyl (C=O) groups excluding carboxylic acids is 3. The molecule has 2 aliphatic carbocycles. The SMILES string of the molecule is O=C1N[C@H](c2ccc(Cl)cc2)[C@H]1N1C(=O)C2C3C=CC(C3)C2C1=O. The van der Waals surface area contributed by atoms with Gasteiger partial charge in [-0.2, -0.15) is 0 Å². The topological polar surface area (TPSA) is 66.5 Å². The van der Waals surface area contributed by atoms with Crippen LogP contribution in [0.3, 0.4) is 0 Å². The molecule has 1 aromatic carbocycles. The van der Waals surface area contributed by atoms with Gasteiger partial charge in [-0.25, -0.2) is 0 Å². The molecule has 2 saturated heterocycles. The van der Waals surface area contributed by atoms with Crippen molar-refractivity contribution >= 4 is 29.3 Å². The molecule has 2 bridgehead atoms. The van der Waals surface area contributed by atoms with Gasteiger partial charge in [0, 0.05) is 5.02 Å². The number of nitrogens with one attached hydrogen (secondary N) is 1. The van der Waals surface area contributed by atoms with E-state index in [0.29, 0.717) is 5.02 Å². The number of rotatable bonds is 2. The molecule has 5 rings (SSSR count). The summed E-state index contributed by atoms with van der Waals surface area (Å²) >= 11 is 5.91. The Morgan fingerprint density at radius 3 is 2.08 bits per heavy atom. The van der Waals surface area contributed by atoms with E-state index in [0.717, 1.165) is 12.0 Å². The van der Waals surface area contributed by atoms with Gasteiger partial charge in [-0.05, 0) is 36.0 Å². The molecule has 4 aliphatic rings. The van der Waals surface area contributed by atoms with E-state index in [4.69, 9.17) is 11.6 Å². The Kier molecular flexibility index (Phi) is 2.78. The summed E-state index contributed by atoms with van der Waals surface area (Å²) in [5.74, 6) is -0.867. The number of fused-ring (bicyclic) bond motifs is 5. The summed E-state index contributed by atoms with van der Waals surface area (Å²) in [6.45, 7) is 0. The van der Waals surface area contributed by atoms with Crippen LogP contribution in [-0.2, 0) is 14.4 Å². The van der Waals surface area contributed by atoms with E-state index in [1.807, 2.05) is 12.1 Å². The fourth-order valence-corrected chi connectivity index (χ4v) is 4.90. The zero-order valence-corrected chi connectivity index (χ0v) is 13.4. The summed E-state index contributed by atoms with van der Waals surface area (Å²) in [7, 11) is 0. The highest BCUT2D eigenvalue weighted by atomic mass is 35.5. The number of β-lactam (4-membered cyclic amide) rings is 1. The van der Waals surface area contributed by atoms with Crippen LogP contribution in [0.15, 0.2) is 36.4 Å². The molecule has 1 aromatic rings. The molecule has 1 N–H and O–H groups in total. The van der Waals surface area contributed by atoms with Crippen LogP contribution in [0.1, 0.15) is 18.0 Å². The van der Waals surface area contributed by atoms with Crippen molar-refractivity contribution in [3.8, 4) is 0 Å². The van der Waals surface area contributed by atoms with Crippen molar-refractivity contribution in [1.29, 1.82) is 0 Å². The maximum atomic E-state index is 12.9. The van der Waals surface area contributed by atoms with Gasteiger partial charge in [0.15, 0.2) is 0 Å². The molecule has 122 valence electrons. The maximum absolute atomic E-state index is 12.9. The first-order valence-corrected chi connectivity index (χ1v) is 8.55. The third-order valence-electron chi connectivity index (χ3n) is 5.89. The summed E-state index contributed by atoms with van der Waals surface area (Å²) < 4.78 is 0. The molecule has 1 saturated carbocycles. The number of nitrogens with zero attached hydrogens (tertiary/aromatic N) is 1. The Hall–Kier alpha value is -2.14.